The van der Waals surface area contributed by atoms with Gasteiger partial charge in [-0.1, -0.05) is 0 Å². The second kappa shape index (κ2) is 5.83. The Balaban J connectivity index is 2.19. The number of aryl methyl sites for hydroxylation is 1. The summed E-state index contributed by atoms with van der Waals surface area (Å²) in [5.74, 6) is 0.640. The summed E-state index contributed by atoms with van der Waals surface area (Å²) in [6.07, 6.45) is -2.90. The SMILES string of the molecule is CCn1cnnc1CNc1ccc(C(F)(F)F)cc1C#N. The summed E-state index contributed by atoms with van der Waals surface area (Å²) in [5, 5.41) is 19.5. The highest BCUT2D eigenvalue weighted by Gasteiger charge is 2.31. The van der Waals surface area contributed by atoms with E-state index < -0.39 is 11.7 Å². The third-order valence-electron chi connectivity index (χ3n) is 2.94. The minimum Gasteiger partial charge on any atom is -0.377 e. The number of rotatable bonds is 4. The summed E-state index contributed by atoms with van der Waals surface area (Å²) in [6, 6.07) is 4.77. The van der Waals surface area contributed by atoms with Crippen LogP contribution in [0.2, 0.25) is 0 Å². The van der Waals surface area contributed by atoms with E-state index in [0.717, 1.165) is 12.1 Å². The molecule has 0 spiro atoms. The lowest BCUT2D eigenvalue weighted by molar-refractivity contribution is -0.137. The van der Waals surface area contributed by atoms with Gasteiger partial charge in [0.25, 0.3) is 0 Å². The van der Waals surface area contributed by atoms with Gasteiger partial charge in [0.1, 0.15) is 12.4 Å². The molecule has 5 nitrogen and oxygen atoms in total. The Morgan fingerprint density at radius 2 is 2.14 bits per heavy atom. The first kappa shape index (κ1) is 14.8. The topological polar surface area (TPSA) is 66.5 Å². The van der Waals surface area contributed by atoms with Crippen molar-refractivity contribution in [1.29, 1.82) is 5.26 Å². The van der Waals surface area contributed by atoms with Crippen LogP contribution in [0.5, 0.6) is 0 Å². The molecule has 0 aliphatic rings. The molecule has 0 aliphatic heterocycles. The van der Waals surface area contributed by atoms with Crippen molar-refractivity contribution in [2.45, 2.75) is 26.2 Å². The van der Waals surface area contributed by atoms with Gasteiger partial charge in [0.05, 0.1) is 23.4 Å². The number of anilines is 1. The van der Waals surface area contributed by atoms with Crippen LogP contribution >= 0.6 is 0 Å². The van der Waals surface area contributed by atoms with Gasteiger partial charge in [-0.15, -0.1) is 10.2 Å². The first-order chi connectivity index (χ1) is 9.95. The number of hydrogen-bond acceptors (Lipinski definition) is 4. The van der Waals surface area contributed by atoms with E-state index in [1.54, 1.807) is 17.0 Å². The highest BCUT2D eigenvalue weighted by atomic mass is 19.4. The fourth-order valence-electron chi connectivity index (χ4n) is 1.82. The van der Waals surface area contributed by atoms with E-state index >= 15 is 0 Å². The average molecular weight is 295 g/mol. The summed E-state index contributed by atoms with van der Waals surface area (Å²) in [4.78, 5) is 0. The lowest BCUT2D eigenvalue weighted by Gasteiger charge is -2.11. The van der Waals surface area contributed by atoms with E-state index in [-0.39, 0.29) is 12.1 Å². The number of halogens is 3. The fourth-order valence-corrected chi connectivity index (χ4v) is 1.82. The lowest BCUT2D eigenvalue weighted by Crippen LogP contribution is -2.10. The molecule has 0 bridgehead atoms. The molecule has 2 aromatic rings. The molecule has 2 rings (SSSR count). The maximum atomic E-state index is 12.6. The standard InChI is InChI=1S/C13H12F3N5/c1-2-21-8-19-20-12(21)7-18-11-4-3-10(13(14,15)16)5-9(11)6-17/h3-5,8,18H,2,7H2,1H3. The maximum absolute atomic E-state index is 12.6. The molecular weight excluding hydrogens is 283 g/mol. The Morgan fingerprint density at radius 1 is 1.38 bits per heavy atom. The molecule has 21 heavy (non-hydrogen) atoms. The predicted octanol–water partition coefficient (Wildman–Crippen LogP) is 2.80. The Morgan fingerprint density at radius 3 is 2.76 bits per heavy atom. The summed E-state index contributed by atoms with van der Waals surface area (Å²) in [7, 11) is 0. The number of nitrogens with zero attached hydrogens (tertiary/aromatic N) is 4. The van der Waals surface area contributed by atoms with E-state index in [1.807, 2.05) is 6.92 Å². The number of aromatic nitrogens is 3. The first-order valence-electron chi connectivity index (χ1n) is 6.17. The normalized spacial score (nSPS) is 11.2. The molecule has 0 saturated heterocycles. The molecule has 0 radical (unpaired) electrons. The van der Waals surface area contributed by atoms with Crippen molar-refractivity contribution in [3.8, 4) is 6.07 Å². The molecule has 0 amide bonds. The van der Waals surface area contributed by atoms with Gasteiger partial charge in [0.2, 0.25) is 0 Å². The largest absolute Gasteiger partial charge is 0.416 e. The summed E-state index contributed by atoms with van der Waals surface area (Å²) < 4.78 is 39.6. The highest BCUT2D eigenvalue weighted by Crippen LogP contribution is 2.31. The van der Waals surface area contributed by atoms with Crippen LogP contribution in [-0.4, -0.2) is 14.8 Å². The van der Waals surface area contributed by atoms with E-state index in [0.29, 0.717) is 18.1 Å². The van der Waals surface area contributed by atoms with Crippen LogP contribution in [0.3, 0.4) is 0 Å². The number of nitriles is 1. The van der Waals surface area contributed by atoms with Crippen molar-refractivity contribution >= 4 is 5.69 Å². The van der Waals surface area contributed by atoms with Crippen LogP contribution in [0.4, 0.5) is 18.9 Å². The smallest absolute Gasteiger partial charge is 0.377 e. The van der Waals surface area contributed by atoms with Crippen LogP contribution in [0.1, 0.15) is 23.9 Å². The third-order valence-corrected chi connectivity index (χ3v) is 2.94. The van der Waals surface area contributed by atoms with E-state index in [9.17, 15) is 13.2 Å². The predicted molar refractivity (Wildman–Crippen MR) is 69.2 cm³/mol. The van der Waals surface area contributed by atoms with E-state index in [4.69, 9.17) is 5.26 Å². The van der Waals surface area contributed by atoms with Crippen molar-refractivity contribution in [3.63, 3.8) is 0 Å². The molecule has 0 atom stereocenters. The van der Waals surface area contributed by atoms with Gasteiger partial charge in [0.15, 0.2) is 5.82 Å². The monoisotopic (exact) mass is 295 g/mol. The van der Waals surface area contributed by atoms with Crippen LogP contribution in [0.15, 0.2) is 24.5 Å². The minimum atomic E-state index is -4.47. The zero-order valence-corrected chi connectivity index (χ0v) is 11.1. The molecule has 0 aliphatic carbocycles. The fraction of sp³-hybridized carbons (Fsp3) is 0.308. The van der Waals surface area contributed by atoms with Crippen LogP contribution in [-0.2, 0) is 19.3 Å². The van der Waals surface area contributed by atoms with Crippen molar-refractivity contribution in [3.05, 3.63) is 41.5 Å². The van der Waals surface area contributed by atoms with E-state index in [1.165, 1.54) is 6.07 Å². The maximum Gasteiger partial charge on any atom is 0.416 e. The van der Waals surface area contributed by atoms with E-state index in [2.05, 4.69) is 15.5 Å². The molecule has 0 fully saturated rings. The molecule has 8 heteroatoms. The van der Waals surface area contributed by atoms with Gasteiger partial charge in [-0.2, -0.15) is 18.4 Å². The van der Waals surface area contributed by atoms with Crippen LogP contribution in [0.25, 0.3) is 0 Å². The zero-order valence-electron chi connectivity index (χ0n) is 11.1. The number of alkyl halides is 3. The van der Waals surface area contributed by atoms with Crippen molar-refractivity contribution in [1.82, 2.24) is 14.8 Å². The number of nitrogens with one attached hydrogen (secondary N) is 1. The number of hydrogen-bond donors (Lipinski definition) is 1. The van der Waals surface area contributed by atoms with Gasteiger partial charge in [-0.05, 0) is 25.1 Å². The lowest BCUT2D eigenvalue weighted by atomic mass is 10.1. The van der Waals surface area contributed by atoms with Crippen molar-refractivity contribution in [2.75, 3.05) is 5.32 Å². The minimum absolute atomic E-state index is 0.0626. The molecule has 1 aromatic carbocycles. The molecule has 1 aromatic heterocycles. The summed E-state index contributed by atoms with van der Waals surface area (Å²) in [5.41, 5.74) is -0.579. The molecule has 1 N–H and O–H groups in total. The summed E-state index contributed by atoms with van der Waals surface area (Å²) >= 11 is 0. The van der Waals surface area contributed by atoms with Gasteiger partial charge >= 0.3 is 6.18 Å². The second-order valence-corrected chi connectivity index (χ2v) is 4.26. The zero-order chi connectivity index (χ0) is 15.5. The summed E-state index contributed by atoms with van der Waals surface area (Å²) in [6.45, 7) is 2.88. The van der Waals surface area contributed by atoms with Gasteiger partial charge < -0.3 is 9.88 Å². The van der Waals surface area contributed by atoms with Crippen molar-refractivity contribution < 1.29 is 13.2 Å². The average Bonchev–Trinajstić information content (AvgIpc) is 2.91. The van der Waals surface area contributed by atoms with Gasteiger partial charge in [0, 0.05) is 6.54 Å². The molecule has 0 unspecified atom stereocenters. The third kappa shape index (κ3) is 3.31. The van der Waals surface area contributed by atoms with Gasteiger partial charge in [-0.25, -0.2) is 0 Å². The first-order valence-corrected chi connectivity index (χ1v) is 6.17. The molecule has 0 saturated carbocycles. The second-order valence-electron chi connectivity index (χ2n) is 4.26. The Hall–Kier alpha value is -2.56. The van der Waals surface area contributed by atoms with Crippen LogP contribution in [0, 0.1) is 11.3 Å². The Kier molecular flexibility index (Phi) is 4.12. The Bertz CT molecular complexity index is 669. The molecular formula is C13H12F3N5. The number of benzene rings is 1. The quantitative estimate of drug-likeness (QED) is 0.942. The highest BCUT2D eigenvalue weighted by molar-refractivity contribution is 5.58. The van der Waals surface area contributed by atoms with Crippen LogP contribution < -0.4 is 5.32 Å². The Labute approximate surface area is 119 Å². The molecule has 1 heterocycles. The molecule has 110 valence electrons. The van der Waals surface area contributed by atoms with Crippen molar-refractivity contribution in [2.24, 2.45) is 0 Å². The van der Waals surface area contributed by atoms with Gasteiger partial charge in [-0.3, -0.25) is 0 Å².